The molecule has 3 heteroatoms. The van der Waals surface area contributed by atoms with Gasteiger partial charge in [-0.25, -0.2) is 0 Å². The third-order valence-electron chi connectivity index (χ3n) is 4.40. The molecule has 1 aromatic rings. The molecule has 1 heterocycles. The average Bonchev–Trinajstić information content (AvgIpc) is 2.92. The summed E-state index contributed by atoms with van der Waals surface area (Å²) in [7, 11) is 2.28. The first-order chi connectivity index (χ1) is 8.67. The molecule has 1 unspecified atom stereocenters. The molecule has 0 spiro atoms. The topological polar surface area (TPSA) is 3.24 Å². The first-order valence-electron chi connectivity index (χ1n) is 6.96. The van der Waals surface area contributed by atoms with Gasteiger partial charge in [-0.05, 0) is 43.7 Å². The number of hydrogen-bond donors (Lipinski definition) is 0. The first-order valence-corrected chi connectivity index (χ1v) is 8.97. The van der Waals surface area contributed by atoms with Crippen molar-refractivity contribution < 1.29 is 0 Å². The highest BCUT2D eigenvalue weighted by atomic mass is 79.9. The summed E-state index contributed by atoms with van der Waals surface area (Å²) >= 11 is 5.64. The molecule has 1 atom stereocenters. The quantitative estimate of drug-likeness (QED) is 0.680. The average molecular weight is 330 g/mol. The van der Waals surface area contributed by atoms with Crippen molar-refractivity contribution in [1.29, 1.82) is 0 Å². The van der Waals surface area contributed by atoms with E-state index in [1.807, 2.05) is 11.3 Å². The van der Waals surface area contributed by atoms with Gasteiger partial charge in [0.25, 0.3) is 0 Å². The van der Waals surface area contributed by atoms with Crippen LogP contribution in [0.3, 0.4) is 0 Å². The van der Waals surface area contributed by atoms with Crippen molar-refractivity contribution in [1.82, 2.24) is 4.90 Å². The van der Waals surface area contributed by atoms with Crippen molar-refractivity contribution in [3.8, 4) is 0 Å². The Morgan fingerprint density at radius 2 is 2.11 bits per heavy atom. The van der Waals surface area contributed by atoms with Crippen molar-refractivity contribution in [2.75, 3.05) is 18.9 Å². The smallest absolute Gasteiger partial charge is 0.0410 e. The predicted molar refractivity (Wildman–Crippen MR) is 84.7 cm³/mol. The van der Waals surface area contributed by atoms with E-state index in [9.17, 15) is 0 Å². The summed E-state index contributed by atoms with van der Waals surface area (Å²) in [4.78, 5) is 4.02. The van der Waals surface area contributed by atoms with Crippen molar-refractivity contribution in [2.24, 2.45) is 5.41 Å². The van der Waals surface area contributed by atoms with Gasteiger partial charge in [-0.1, -0.05) is 41.3 Å². The van der Waals surface area contributed by atoms with Crippen LogP contribution in [0.5, 0.6) is 0 Å². The van der Waals surface area contributed by atoms with Gasteiger partial charge in [0, 0.05) is 22.8 Å². The maximum absolute atomic E-state index is 3.77. The van der Waals surface area contributed by atoms with Crippen molar-refractivity contribution in [2.45, 2.75) is 45.1 Å². The zero-order valence-electron chi connectivity index (χ0n) is 11.5. The minimum absolute atomic E-state index is 0.512. The first kappa shape index (κ1) is 14.5. The van der Waals surface area contributed by atoms with Gasteiger partial charge in [-0.15, -0.1) is 11.3 Å². The van der Waals surface area contributed by atoms with E-state index in [0.717, 1.165) is 5.33 Å². The minimum Gasteiger partial charge on any atom is -0.298 e. The van der Waals surface area contributed by atoms with E-state index in [-0.39, 0.29) is 0 Å². The summed E-state index contributed by atoms with van der Waals surface area (Å²) in [5.41, 5.74) is 0.512. The van der Waals surface area contributed by atoms with Gasteiger partial charge in [-0.3, -0.25) is 4.90 Å². The lowest BCUT2D eigenvalue weighted by Crippen LogP contribution is -2.39. The third-order valence-corrected chi connectivity index (χ3v) is 6.63. The normalized spacial score (nSPS) is 21.1. The summed E-state index contributed by atoms with van der Waals surface area (Å²) in [5, 5.41) is 3.34. The van der Waals surface area contributed by atoms with Crippen LogP contribution in [0, 0.1) is 5.41 Å². The third kappa shape index (κ3) is 3.37. The molecule has 1 saturated carbocycles. The van der Waals surface area contributed by atoms with E-state index in [1.54, 1.807) is 0 Å². The lowest BCUT2D eigenvalue weighted by atomic mass is 9.75. The van der Waals surface area contributed by atoms with Crippen LogP contribution >= 0.6 is 27.3 Å². The Balaban J connectivity index is 1.98. The van der Waals surface area contributed by atoms with Crippen molar-refractivity contribution >= 4 is 27.3 Å². The molecule has 0 aromatic carbocycles. The van der Waals surface area contributed by atoms with Crippen molar-refractivity contribution in [3.05, 3.63) is 22.4 Å². The maximum Gasteiger partial charge on any atom is 0.0410 e. The second-order valence-corrected chi connectivity index (χ2v) is 7.34. The zero-order chi connectivity index (χ0) is 13.0. The fraction of sp³-hybridized carbons (Fsp3) is 0.733. The molecule has 1 nitrogen and oxygen atoms in total. The molecule has 0 N–H and O–H groups in total. The standard InChI is InChI=1S/C15H24BrNS/c1-13(14-7-6-10-18-14)17(2)12-15(11-16)8-4-3-5-9-15/h6-7,10,13H,3-5,8-9,11-12H2,1-2H3. The second kappa shape index (κ2) is 6.53. The van der Waals surface area contributed by atoms with Gasteiger partial charge in [0.1, 0.15) is 0 Å². The van der Waals surface area contributed by atoms with E-state index >= 15 is 0 Å². The molecule has 0 radical (unpaired) electrons. The van der Waals surface area contributed by atoms with E-state index in [2.05, 4.69) is 52.3 Å². The Labute approximate surface area is 124 Å². The van der Waals surface area contributed by atoms with E-state index in [4.69, 9.17) is 0 Å². The molecule has 1 aliphatic rings. The molecular weight excluding hydrogens is 306 g/mol. The largest absolute Gasteiger partial charge is 0.298 e. The van der Waals surface area contributed by atoms with Crippen LogP contribution in [0.1, 0.15) is 49.9 Å². The monoisotopic (exact) mass is 329 g/mol. The van der Waals surface area contributed by atoms with Crippen LogP contribution in [-0.2, 0) is 0 Å². The molecule has 0 amide bonds. The molecule has 18 heavy (non-hydrogen) atoms. The summed E-state index contributed by atoms with van der Waals surface area (Å²) in [5.74, 6) is 0. The molecule has 1 fully saturated rings. The van der Waals surface area contributed by atoms with Crippen LogP contribution in [0.2, 0.25) is 0 Å². The molecule has 1 aromatic heterocycles. The van der Waals surface area contributed by atoms with Gasteiger partial charge in [0.2, 0.25) is 0 Å². The van der Waals surface area contributed by atoms with Crippen LogP contribution in [-0.4, -0.2) is 23.8 Å². The summed E-state index contributed by atoms with van der Waals surface area (Å²) < 4.78 is 0. The minimum atomic E-state index is 0.512. The molecule has 102 valence electrons. The SMILES string of the molecule is CC(c1cccs1)N(C)CC1(CBr)CCCCC1. The number of thiophene rings is 1. The number of halogens is 1. The zero-order valence-corrected chi connectivity index (χ0v) is 13.9. The summed E-state index contributed by atoms with van der Waals surface area (Å²) in [6.45, 7) is 3.55. The number of rotatable bonds is 5. The van der Waals surface area contributed by atoms with Gasteiger partial charge >= 0.3 is 0 Å². The Morgan fingerprint density at radius 3 is 2.67 bits per heavy atom. The van der Waals surface area contributed by atoms with E-state index < -0.39 is 0 Å². The highest BCUT2D eigenvalue weighted by Gasteiger charge is 2.33. The van der Waals surface area contributed by atoms with Gasteiger partial charge in [0.05, 0.1) is 0 Å². The highest BCUT2D eigenvalue weighted by molar-refractivity contribution is 9.09. The highest BCUT2D eigenvalue weighted by Crippen LogP contribution is 2.39. The number of nitrogens with zero attached hydrogens (tertiary/aromatic N) is 1. The van der Waals surface area contributed by atoms with Crippen LogP contribution in [0.25, 0.3) is 0 Å². The molecule has 0 saturated heterocycles. The molecule has 0 bridgehead atoms. The molecular formula is C15H24BrNS. The predicted octanol–water partition coefficient (Wildman–Crippen LogP) is 5.09. The lowest BCUT2D eigenvalue weighted by Gasteiger charge is -2.40. The molecule has 2 rings (SSSR count). The Morgan fingerprint density at radius 1 is 1.39 bits per heavy atom. The number of hydrogen-bond acceptors (Lipinski definition) is 2. The molecule has 1 aliphatic carbocycles. The Bertz CT molecular complexity index is 343. The fourth-order valence-electron chi connectivity index (χ4n) is 3.05. The Kier molecular flexibility index (Phi) is 5.28. The van der Waals surface area contributed by atoms with Gasteiger partial charge < -0.3 is 0 Å². The van der Waals surface area contributed by atoms with Gasteiger partial charge in [-0.2, -0.15) is 0 Å². The second-order valence-electron chi connectivity index (χ2n) is 5.80. The van der Waals surface area contributed by atoms with Crippen LogP contribution in [0.15, 0.2) is 17.5 Å². The molecule has 0 aliphatic heterocycles. The lowest BCUT2D eigenvalue weighted by molar-refractivity contribution is 0.122. The summed E-state index contributed by atoms with van der Waals surface area (Å²) in [6, 6.07) is 4.96. The van der Waals surface area contributed by atoms with E-state index in [1.165, 1.54) is 43.5 Å². The summed E-state index contributed by atoms with van der Waals surface area (Å²) in [6.07, 6.45) is 7.03. The van der Waals surface area contributed by atoms with Crippen molar-refractivity contribution in [3.63, 3.8) is 0 Å². The fourth-order valence-corrected chi connectivity index (χ4v) is 4.63. The maximum atomic E-state index is 3.77. The Hall–Kier alpha value is 0.140. The van der Waals surface area contributed by atoms with Crippen LogP contribution in [0.4, 0.5) is 0 Å². The number of alkyl halides is 1. The van der Waals surface area contributed by atoms with Gasteiger partial charge in [0.15, 0.2) is 0 Å². The van der Waals surface area contributed by atoms with Crippen LogP contribution < -0.4 is 0 Å². The van der Waals surface area contributed by atoms with E-state index in [0.29, 0.717) is 11.5 Å².